The van der Waals surface area contributed by atoms with Gasteiger partial charge in [-0.05, 0) is 31.9 Å². The molecule has 0 radical (unpaired) electrons. The lowest BCUT2D eigenvalue weighted by molar-refractivity contribution is 0.580. The lowest BCUT2D eigenvalue weighted by Gasteiger charge is -2.15. The van der Waals surface area contributed by atoms with Gasteiger partial charge in [0, 0.05) is 23.7 Å². The SMILES string of the molecule is CC(c1ccc(Cl)s1)n1cncc1CNC1CC1. The molecule has 2 aromatic heterocycles. The molecule has 1 aliphatic rings. The molecule has 18 heavy (non-hydrogen) atoms. The van der Waals surface area contributed by atoms with E-state index < -0.39 is 0 Å². The first kappa shape index (κ1) is 12.2. The minimum Gasteiger partial charge on any atom is -0.325 e. The molecule has 1 fully saturated rings. The first-order valence-corrected chi connectivity index (χ1v) is 7.43. The van der Waals surface area contributed by atoms with Gasteiger partial charge < -0.3 is 9.88 Å². The number of thiophene rings is 1. The number of imidazole rings is 1. The third-order valence-corrected chi connectivity index (χ3v) is 4.72. The summed E-state index contributed by atoms with van der Waals surface area (Å²) >= 11 is 7.63. The van der Waals surface area contributed by atoms with E-state index in [2.05, 4.69) is 27.9 Å². The lowest BCUT2D eigenvalue weighted by atomic mass is 10.2. The fourth-order valence-corrected chi connectivity index (χ4v) is 3.16. The summed E-state index contributed by atoms with van der Waals surface area (Å²) in [5.41, 5.74) is 1.24. The van der Waals surface area contributed by atoms with E-state index in [0.717, 1.165) is 16.9 Å². The van der Waals surface area contributed by atoms with Gasteiger partial charge in [-0.2, -0.15) is 0 Å². The van der Waals surface area contributed by atoms with Crippen molar-refractivity contribution in [3.63, 3.8) is 0 Å². The van der Waals surface area contributed by atoms with Gasteiger partial charge in [0.25, 0.3) is 0 Å². The van der Waals surface area contributed by atoms with E-state index in [1.807, 2.05) is 18.6 Å². The number of hydrogen-bond acceptors (Lipinski definition) is 3. The molecule has 0 aliphatic heterocycles. The monoisotopic (exact) mass is 281 g/mol. The van der Waals surface area contributed by atoms with E-state index in [-0.39, 0.29) is 0 Å². The van der Waals surface area contributed by atoms with Gasteiger partial charge in [-0.25, -0.2) is 4.98 Å². The van der Waals surface area contributed by atoms with Gasteiger partial charge in [-0.1, -0.05) is 11.6 Å². The Kier molecular flexibility index (Phi) is 3.41. The van der Waals surface area contributed by atoms with Crippen LogP contribution in [0, 0.1) is 0 Å². The molecule has 0 saturated heterocycles. The van der Waals surface area contributed by atoms with Crippen LogP contribution in [0.2, 0.25) is 4.34 Å². The van der Waals surface area contributed by atoms with Crippen LogP contribution in [0.5, 0.6) is 0 Å². The molecule has 1 N–H and O–H groups in total. The standard InChI is InChI=1S/C13H16ClN3S/c1-9(12-4-5-13(14)18-12)17-8-15-6-11(17)7-16-10-2-3-10/h4-6,8-10,16H,2-3,7H2,1H3. The third kappa shape index (κ3) is 2.60. The predicted molar refractivity (Wildman–Crippen MR) is 75.2 cm³/mol. The van der Waals surface area contributed by atoms with Crippen LogP contribution in [-0.2, 0) is 6.54 Å². The average Bonchev–Trinajstić information content (AvgIpc) is 2.90. The summed E-state index contributed by atoms with van der Waals surface area (Å²) in [6, 6.07) is 5.06. The molecule has 0 amide bonds. The Labute approximate surface area is 116 Å². The first-order chi connectivity index (χ1) is 8.74. The van der Waals surface area contributed by atoms with E-state index in [0.29, 0.717) is 6.04 Å². The average molecular weight is 282 g/mol. The zero-order valence-corrected chi connectivity index (χ0v) is 11.8. The van der Waals surface area contributed by atoms with Crippen molar-refractivity contribution >= 4 is 22.9 Å². The van der Waals surface area contributed by atoms with Crippen LogP contribution in [-0.4, -0.2) is 15.6 Å². The van der Waals surface area contributed by atoms with Gasteiger partial charge in [0.1, 0.15) is 0 Å². The molecule has 3 nitrogen and oxygen atoms in total. The molecule has 1 unspecified atom stereocenters. The molecule has 1 aliphatic carbocycles. The summed E-state index contributed by atoms with van der Waals surface area (Å²) in [4.78, 5) is 5.54. The molecule has 96 valence electrons. The molecule has 2 heterocycles. The molecular formula is C13H16ClN3S. The minimum atomic E-state index is 0.293. The first-order valence-electron chi connectivity index (χ1n) is 6.23. The van der Waals surface area contributed by atoms with Crippen LogP contribution < -0.4 is 5.32 Å². The van der Waals surface area contributed by atoms with Crippen LogP contribution in [0.15, 0.2) is 24.7 Å². The van der Waals surface area contributed by atoms with Crippen LogP contribution in [0.4, 0.5) is 0 Å². The maximum absolute atomic E-state index is 6.00. The maximum atomic E-state index is 6.00. The zero-order valence-electron chi connectivity index (χ0n) is 10.3. The second-order valence-corrected chi connectivity index (χ2v) is 6.51. The topological polar surface area (TPSA) is 29.9 Å². The highest BCUT2D eigenvalue weighted by Gasteiger charge is 2.21. The van der Waals surface area contributed by atoms with Crippen molar-refractivity contribution in [2.45, 2.75) is 38.4 Å². The van der Waals surface area contributed by atoms with Crippen molar-refractivity contribution in [1.29, 1.82) is 0 Å². The second kappa shape index (κ2) is 5.03. The quantitative estimate of drug-likeness (QED) is 0.910. The van der Waals surface area contributed by atoms with Gasteiger partial charge >= 0.3 is 0 Å². The van der Waals surface area contributed by atoms with E-state index in [1.165, 1.54) is 23.4 Å². The van der Waals surface area contributed by atoms with Gasteiger partial charge in [-0.3, -0.25) is 0 Å². The highest BCUT2D eigenvalue weighted by molar-refractivity contribution is 7.16. The van der Waals surface area contributed by atoms with Crippen LogP contribution >= 0.6 is 22.9 Å². The molecule has 5 heteroatoms. The molecule has 1 saturated carbocycles. The molecule has 2 aromatic rings. The van der Waals surface area contributed by atoms with Crippen LogP contribution in [0.3, 0.4) is 0 Å². The fraction of sp³-hybridized carbons (Fsp3) is 0.462. The molecular weight excluding hydrogens is 266 g/mol. The third-order valence-electron chi connectivity index (χ3n) is 3.32. The Hall–Kier alpha value is -0.840. The predicted octanol–water partition coefficient (Wildman–Crippen LogP) is 3.46. The van der Waals surface area contributed by atoms with E-state index in [1.54, 1.807) is 11.3 Å². The van der Waals surface area contributed by atoms with E-state index >= 15 is 0 Å². The van der Waals surface area contributed by atoms with Crippen molar-refractivity contribution in [3.8, 4) is 0 Å². The van der Waals surface area contributed by atoms with Crippen LogP contribution in [0.25, 0.3) is 0 Å². The van der Waals surface area contributed by atoms with Gasteiger partial charge in [-0.15, -0.1) is 11.3 Å². The van der Waals surface area contributed by atoms with Crippen molar-refractivity contribution in [2.75, 3.05) is 0 Å². The second-order valence-electron chi connectivity index (χ2n) is 4.77. The van der Waals surface area contributed by atoms with Crippen molar-refractivity contribution in [1.82, 2.24) is 14.9 Å². The number of nitrogens with one attached hydrogen (secondary N) is 1. The number of nitrogens with zero attached hydrogens (tertiary/aromatic N) is 2. The van der Waals surface area contributed by atoms with E-state index in [9.17, 15) is 0 Å². The summed E-state index contributed by atoms with van der Waals surface area (Å²) in [6.45, 7) is 3.08. The number of hydrogen-bond donors (Lipinski definition) is 1. The number of aromatic nitrogens is 2. The maximum Gasteiger partial charge on any atom is 0.0954 e. The van der Waals surface area contributed by atoms with Gasteiger partial charge in [0.15, 0.2) is 0 Å². The summed E-state index contributed by atoms with van der Waals surface area (Å²) in [5.74, 6) is 0. The van der Waals surface area contributed by atoms with E-state index in [4.69, 9.17) is 11.6 Å². The largest absolute Gasteiger partial charge is 0.325 e. The Morgan fingerprint density at radius 3 is 3.06 bits per heavy atom. The van der Waals surface area contributed by atoms with Gasteiger partial charge in [0.2, 0.25) is 0 Å². The van der Waals surface area contributed by atoms with Crippen LogP contribution in [0.1, 0.15) is 36.4 Å². The Morgan fingerprint density at radius 2 is 2.39 bits per heavy atom. The molecule has 0 bridgehead atoms. The Morgan fingerprint density at radius 1 is 1.56 bits per heavy atom. The van der Waals surface area contributed by atoms with Crippen molar-refractivity contribution in [2.24, 2.45) is 0 Å². The lowest BCUT2D eigenvalue weighted by Crippen LogP contribution is -2.19. The molecule has 1 atom stereocenters. The highest BCUT2D eigenvalue weighted by Crippen LogP contribution is 2.30. The number of halogens is 1. The Bertz CT molecular complexity index is 530. The molecule has 0 spiro atoms. The van der Waals surface area contributed by atoms with Crippen molar-refractivity contribution < 1.29 is 0 Å². The summed E-state index contributed by atoms with van der Waals surface area (Å²) < 4.78 is 3.06. The normalized spacial score (nSPS) is 17.0. The summed E-state index contributed by atoms with van der Waals surface area (Å²) in [7, 11) is 0. The summed E-state index contributed by atoms with van der Waals surface area (Å²) in [6.07, 6.45) is 6.47. The zero-order chi connectivity index (χ0) is 12.5. The minimum absolute atomic E-state index is 0.293. The fourth-order valence-electron chi connectivity index (χ4n) is 2.04. The molecule has 3 rings (SSSR count). The molecule has 0 aromatic carbocycles. The number of rotatable bonds is 5. The highest BCUT2D eigenvalue weighted by atomic mass is 35.5. The summed E-state index contributed by atoms with van der Waals surface area (Å²) in [5, 5.41) is 3.53. The van der Waals surface area contributed by atoms with Crippen molar-refractivity contribution in [3.05, 3.63) is 39.6 Å². The Balaban J connectivity index is 1.75. The smallest absolute Gasteiger partial charge is 0.0954 e. The van der Waals surface area contributed by atoms with Gasteiger partial charge in [0.05, 0.1) is 22.4 Å².